The average Bonchev–Trinajstić information content (AvgIpc) is 2.96. The zero-order valence-electron chi connectivity index (χ0n) is 16.2. The van der Waals surface area contributed by atoms with Gasteiger partial charge in [0.05, 0.1) is 0 Å². The zero-order valence-corrected chi connectivity index (χ0v) is 19.1. The van der Waals surface area contributed by atoms with Crippen LogP contribution in [-0.4, -0.2) is 30.3 Å². The summed E-state index contributed by atoms with van der Waals surface area (Å²) >= 11 is -2.44. The van der Waals surface area contributed by atoms with Crippen molar-refractivity contribution in [1.82, 2.24) is 5.32 Å². The van der Waals surface area contributed by atoms with Gasteiger partial charge >= 0.3 is 149 Å². The standard InChI is InChI=1S/C8H12NO.3C4H9.Sn/c1-3-6(2)7-4-5-8(10)9-7;3*1-3-4-2;/h5-7H,3H2,1-2H3,(H,9,10);3*1,3-4H2,2H3;. The Labute approximate surface area is 148 Å². The van der Waals surface area contributed by atoms with Crippen LogP contribution in [0.1, 0.15) is 79.6 Å². The first-order chi connectivity index (χ1) is 11.0. The van der Waals surface area contributed by atoms with Crippen LogP contribution in [-0.2, 0) is 4.79 Å². The van der Waals surface area contributed by atoms with Crippen LogP contribution in [0.3, 0.4) is 0 Å². The van der Waals surface area contributed by atoms with Gasteiger partial charge in [-0.3, -0.25) is 0 Å². The molecule has 134 valence electrons. The molecule has 2 nitrogen and oxygen atoms in total. The number of amides is 1. The van der Waals surface area contributed by atoms with E-state index in [1.807, 2.05) is 0 Å². The Morgan fingerprint density at radius 1 is 1.00 bits per heavy atom. The van der Waals surface area contributed by atoms with E-state index < -0.39 is 18.4 Å². The third-order valence-corrected chi connectivity index (χ3v) is 21.8. The van der Waals surface area contributed by atoms with Gasteiger partial charge in [-0.25, -0.2) is 0 Å². The van der Waals surface area contributed by atoms with Crippen molar-refractivity contribution in [3.63, 3.8) is 0 Å². The van der Waals surface area contributed by atoms with Crippen LogP contribution in [0, 0.1) is 5.92 Å². The maximum absolute atomic E-state index is 12.2. The van der Waals surface area contributed by atoms with E-state index in [2.05, 4.69) is 46.0 Å². The fourth-order valence-corrected chi connectivity index (χ4v) is 21.6. The Kier molecular flexibility index (Phi) is 9.87. The second-order valence-corrected chi connectivity index (χ2v) is 20.8. The second kappa shape index (κ2) is 10.8. The Bertz CT molecular complexity index is 369. The van der Waals surface area contributed by atoms with Crippen LogP contribution >= 0.6 is 0 Å². The van der Waals surface area contributed by atoms with E-state index in [0.717, 1.165) is 6.42 Å². The Hall–Kier alpha value is 0.00870. The quantitative estimate of drug-likeness (QED) is 0.389. The van der Waals surface area contributed by atoms with Crippen LogP contribution < -0.4 is 5.32 Å². The first-order valence-electron chi connectivity index (χ1n) is 10.1. The molecule has 1 rings (SSSR count). The van der Waals surface area contributed by atoms with Crippen LogP contribution in [0.5, 0.6) is 0 Å². The van der Waals surface area contributed by atoms with Crippen molar-refractivity contribution in [2.45, 2.75) is 98.9 Å². The Morgan fingerprint density at radius 3 is 1.87 bits per heavy atom. The Morgan fingerprint density at radius 2 is 1.48 bits per heavy atom. The number of nitrogens with one attached hydrogen (secondary N) is 1. The van der Waals surface area contributed by atoms with Gasteiger partial charge in [-0.1, -0.05) is 0 Å². The zero-order chi connectivity index (χ0) is 17.3. The fraction of sp³-hybridized carbons (Fsp3) is 0.850. The third-order valence-electron chi connectivity index (χ3n) is 5.77. The molecule has 0 radical (unpaired) electrons. The number of carbonyl (C=O) groups is 1. The monoisotopic (exact) mass is 429 g/mol. The molecule has 0 aromatic carbocycles. The molecule has 2 unspecified atom stereocenters. The number of rotatable bonds is 12. The number of hydrogen-bond acceptors (Lipinski definition) is 1. The third kappa shape index (κ3) is 5.79. The summed E-state index contributed by atoms with van der Waals surface area (Å²) < 4.78 is 6.02. The maximum atomic E-state index is 12.2. The summed E-state index contributed by atoms with van der Waals surface area (Å²) in [5, 5.41) is 3.31. The molecule has 2 atom stereocenters. The minimum atomic E-state index is -2.44. The molecule has 23 heavy (non-hydrogen) atoms. The molecule has 0 saturated heterocycles. The van der Waals surface area contributed by atoms with Crippen molar-refractivity contribution in [3.8, 4) is 0 Å². The summed E-state index contributed by atoms with van der Waals surface area (Å²) in [4.78, 5) is 12.2. The summed E-state index contributed by atoms with van der Waals surface area (Å²) in [5.74, 6) is 0.768. The van der Waals surface area contributed by atoms with Crippen molar-refractivity contribution in [2.75, 3.05) is 0 Å². The molecule has 0 spiro atoms. The molecule has 1 heterocycles. The predicted octanol–water partition coefficient (Wildman–Crippen LogP) is 5.85. The molecular formula is C20H39NOSn. The number of unbranched alkanes of at least 4 members (excludes halogenated alkanes) is 3. The second-order valence-electron chi connectivity index (χ2n) is 7.56. The molecule has 1 amide bonds. The van der Waals surface area contributed by atoms with Gasteiger partial charge in [-0.2, -0.15) is 0 Å². The van der Waals surface area contributed by atoms with Gasteiger partial charge in [-0.15, -0.1) is 0 Å². The van der Waals surface area contributed by atoms with E-state index in [4.69, 9.17) is 0 Å². The van der Waals surface area contributed by atoms with E-state index in [1.165, 1.54) is 51.8 Å². The van der Waals surface area contributed by atoms with Crippen molar-refractivity contribution in [3.05, 3.63) is 9.67 Å². The summed E-state index contributed by atoms with van der Waals surface area (Å²) in [7, 11) is 0. The van der Waals surface area contributed by atoms with Gasteiger partial charge in [0.1, 0.15) is 0 Å². The molecule has 0 aromatic heterocycles. The van der Waals surface area contributed by atoms with Crippen LogP contribution in [0.4, 0.5) is 0 Å². The van der Waals surface area contributed by atoms with Crippen molar-refractivity contribution < 1.29 is 4.79 Å². The molecule has 0 aliphatic carbocycles. The van der Waals surface area contributed by atoms with E-state index >= 15 is 0 Å². The predicted molar refractivity (Wildman–Crippen MR) is 104 cm³/mol. The van der Waals surface area contributed by atoms with E-state index in [1.54, 1.807) is 3.59 Å². The molecular weight excluding hydrogens is 389 g/mol. The molecule has 0 fully saturated rings. The van der Waals surface area contributed by atoms with Crippen LogP contribution in [0.25, 0.3) is 0 Å². The average molecular weight is 428 g/mol. The minimum absolute atomic E-state index is 0.191. The fourth-order valence-electron chi connectivity index (χ4n) is 4.02. The molecule has 1 aliphatic rings. The topological polar surface area (TPSA) is 29.1 Å². The molecule has 1 aliphatic heterocycles. The van der Waals surface area contributed by atoms with Gasteiger partial charge in [0.2, 0.25) is 0 Å². The van der Waals surface area contributed by atoms with Gasteiger partial charge in [0, 0.05) is 0 Å². The molecule has 0 bridgehead atoms. The SMILES string of the molecule is CCC[CH2][Sn]([CH2]CCC)([CH2]CCC)[C]1=CC(=O)NC1C(C)CC. The van der Waals surface area contributed by atoms with Crippen LogP contribution in [0.15, 0.2) is 9.67 Å². The van der Waals surface area contributed by atoms with Gasteiger partial charge < -0.3 is 0 Å². The normalized spacial score (nSPS) is 19.6. The van der Waals surface area contributed by atoms with Gasteiger partial charge in [0.15, 0.2) is 0 Å². The molecule has 1 N–H and O–H groups in total. The van der Waals surface area contributed by atoms with Crippen molar-refractivity contribution >= 4 is 24.3 Å². The molecule has 0 saturated carbocycles. The first-order valence-corrected chi connectivity index (χ1v) is 17.5. The molecule has 0 aromatic rings. The summed E-state index contributed by atoms with van der Waals surface area (Å²) in [6.07, 6.45) is 11.2. The Balaban J connectivity index is 3.15. The first kappa shape index (κ1) is 21.1. The van der Waals surface area contributed by atoms with Crippen molar-refractivity contribution in [2.24, 2.45) is 5.92 Å². The van der Waals surface area contributed by atoms with Crippen LogP contribution in [0.2, 0.25) is 13.3 Å². The number of carbonyl (C=O) groups excluding carboxylic acids is 1. The van der Waals surface area contributed by atoms with E-state index in [0.29, 0.717) is 12.0 Å². The number of hydrogen-bond donors (Lipinski definition) is 1. The summed E-state index contributed by atoms with van der Waals surface area (Å²) in [5.41, 5.74) is 0. The van der Waals surface area contributed by atoms with E-state index in [-0.39, 0.29) is 5.91 Å². The summed E-state index contributed by atoms with van der Waals surface area (Å²) in [6, 6.07) is 0.355. The molecule has 3 heteroatoms. The van der Waals surface area contributed by atoms with E-state index in [9.17, 15) is 4.79 Å². The van der Waals surface area contributed by atoms with Gasteiger partial charge in [-0.05, 0) is 0 Å². The summed E-state index contributed by atoms with van der Waals surface area (Å²) in [6.45, 7) is 11.5. The van der Waals surface area contributed by atoms with Gasteiger partial charge in [0.25, 0.3) is 0 Å². The van der Waals surface area contributed by atoms with Crippen molar-refractivity contribution in [1.29, 1.82) is 0 Å².